The van der Waals surface area contributed by atoms with Crippen molar-refractivity contribution in [3.8, 4) is 5.75 Å². The second-order valence-electron chi connectivity index (χ2n) is 5.00. The summed E-state index contributed by atoms with van der Waals surface area (Å²) in [6.07, 6.45) is 1.02. The zero-order chi connectivity index (χ0) is 18.1. The number of hydrogen-bond donors (Lipinski definition) is 2. The first-order chi connectivity index (χ1) is 11.4. The second-order valence-corrected chi connectivity index (χ2v) is 5.00. The number of carbonyl (C=O) groups excluding carboxylic acids is 2. The molecule has 132 valence electrons. The Morgan fingerprint density at radius 2 is 1.88 bits per heavy atom. The van der Waals surface area contributed by atoms with Crippen molar-refractivity contribution in [1.29, 1.82) is 0 Å². The van der Waals surface area contributed by atoms with Gasteiger partial charge in [0.1, 0.15) is 11.4 Å². The number of carbonyl (C=O) groups is 2. The van der Waals surface area contributed by atoms with Gasteiger partial charge in [-0.3, -0.25) is 4.90 Å². The van der Waals surface area contributed by atoms with Crippen molar-refractivity contribution in [2.45, 2.75) is 20.4 Å². The van der Waals surface area contributed by atoms with Crippen LogP contribution in [0.4, 0.5) is 5.69 Å². The third-order valence-electron chi connectivity index (χ3n) is 3.52. The number of nitrogens with one attached hydrogen (secondary N) is 1. The summed E-state index contributed by atoms with van der Waals surface area (Å²) < 4.78 is 9.18. The highest BCUT2D eigenvalue weighted by atomic mass is 16.5. The van der Waals surface area contributed by atoms with Crippen molar-refractivity contribution in [1.82, 2.24) is 4.90 Å². The smallest absolute Gasteiger partial charge is 0.354 e. The van der Waals surface area contributed by atoms with Crippen molar-refractivity contribution < 1.29 is 24.2 Å². The van der Waals surface area contributed by atoms with Gasteiger partial charge in [0.15, 0.2) is 0 Å². The minimum atomic E-state index is -0.696. The lowest BCUT2D eigenvalue weighted by Gasteiger charge is -2.19. The van der Waals surface area contributed by atoms with Gasteiger partial charge in [-0.25, -0.2) is 9.59 Å². The number of rotatable bonds is 8. The Morgan fingerprint density at radius 1 is 1.21 bits per heavy atom. The summed E-state index contributed by atoms with van der Waals surface area (Å²) in [5.74, 6) is -1.20. The molecule has 0 aromatic heterocycles. The van der Waals surface area contributed by atoms with Gasteiger partial charge in [0, 0.05) is 17.8 Å². The first-order valence-corrected chi connectivity index (χ1v) is 7.64. The number of phenols is 1. The minimum Gasteiger partial charge on any atom is -0.508 e. The molecule has 0 aliphatic carbocycles. The van der Waals surface area contributed by atoms with Gasteiger partial charge in [-0.2, -0.15) is 0 Å². The van der Waals surface area contributed by atoms with Gasteiger partial charge < -0.3 is 19.9 Å². The van der Waals surface area contributed by atoms with E-state index in [4.69, 9.17) is 0 Å². The molecule has 0 unspecified atom stereocenters. The zero-order valence-corrected chi connectivity index (χ0v) is 14.5. The summed E-state index contributed by atoms with van der Waals surface area (Å²) in [5, 5.41) is 12.8. The summed E-state index contributed by atoms with van der Waals surface area (Å²) >= 11 is 0. The standard InChI is InChI=1S/C17H24N2O5/c1-5-19(6-2)11-12-9-13(7-8-15(12)20)18-14(17(22)24-4)10-16(21)23-3/h7-10,18,20H,5-6,11H2,1-4H3/b14-10+. The molecule has 24 heavy (non-hydrogen) atoms. The van der Waals surface area contributed by atoms with Crippen LogP contribution in [-0.2, 0) is 25.6 Å². The fraction of sp³-hybridized carbons (Fsp3) is 0.412. The summed E-state index contributed by atoms with van der Waals surface area (Å²) in [5.41, 5.74) is 1.21. The molecular formula is C17H24N2O5. The molecule has 0 fully saturated rings. The molecule has 7 heteroatoms. The number of nitrogens with zero attached hydrogens (tertiary/aromatic N) is 1. The lowest BCUT2D eigenvalue weighted by Crippen LogP contribution is -2.22. The van der Waals surface area contributed by atoms with Crippen LogP contribution in [-0.4, -0.2) is 49.3 Å². The van der Waals surface area contributed by atoms with Crippen molar-refractivity contribution in [2.75, 3.05) is 32.6 Å². The van der Waals surface area contributed by atoms with Crippen LogP contribution in [0.15, 0.2) is 30.0 Å². The normalized spacial score (nSPS) is 11.3. The zero-order valence-electron chi connectivity index (χ0n) is 14.5. The lowest BCUT2D eigenvalue weighted by molar-refractivity contribution is -0.138. The number of hydrogen-bond acceptors (Lipinski definition) is 7. The minimum absolute atomic E-state index is 0.0520. The highest BCUT2D eigenvalue weighted by Crippen LogP contribution is 2.24. The van der Waals surface area contributed by atoms with E-state index >= 15 is 0 Å². The number of anilines is 1. The highest BCUT2D eigenvalue weighted by Gasteiger charge is 2.14. The molecule has 0 aliphatic heterocycles. The summed E-state index contributed by atoms with van der Waals surface area (Å²) in [6, 6.07) is 4.87. The molecule has 1 aromatic rings. The third-order valence-corrected chi connectivity index (χ3v) is 3.52. The molecule has 1 rings (SSSR count). The van der Waals surface area contributed by atoms with Crippen molar-refractivity contribution in [2.24, 2.45) is 0 Å². The van der Waals surface area contributed by atoms with Crippen LogP contribution in [0.2, 0.25) is 0 Å². The Labute approximate surface area is 141 Å². The number of ether oxygens (including phenoxy) is 2. The Morgan fingerprint density at radius 3 is 2.42 bits per heavy atom. The maximum atomic E-state index is 11.8. The SMILES string of the molecule is CCN(CC)Cc1cc(N/C(=C/C(=O)OC)C(=O)OC)ccc1O. The Kier molecular flexibility index (Phi) is 7.77. The number of benzene rings is 1. The van der Waals surface area contributed by atoms with E-state index < -0.39 is 11.9 Å². The molecule has 7 nitrogen and oxygen atoms in total. The van der Waals surface area contributed by atoms with E-state index in [2.05, 4.69) is 19.7 Å². The summed E-state index contributed by atoms with van der Waals surface area (Å²) in [7, 11) is 2.44. The predicted octanol–water partition coefficient (Wildman–Crippen LogP) is 1.88. The average molecular weight is 336 g/mol. The first kappa shape index (κ1) is 19.5. The lowest BCUT2D eigenvalue weighted by atomic mass is 10.1. The van der Waals surface area contributed by atoms with Crippen LogP contribution in [0.25, 0.3) is 0 Å². The first-order valence-electron chi connectivity index (χ1n) is 7.64. The molecule has 0 saturated carbocycles. The number of aromatic hydroxyl groups is 1. The van der Waals surface area contributed by atoms with Crippen LogP contribution in [0.5, 0.6) is 5.75 Å². The molecule has 0 amide bonds. The largest absolute Gasteiger partial charge is 0.508 e. The number of phenolic OH excluding ortho intramolecular Hbond substituents is 1. The predicted molar refractivity (Wildman–Crippen MR) is 90.5 cm³/mol. The molecule has 1 aromatic carbocycles. The number of methoxy groups -OCH3 is 2. The molecule has 0 bridgehead atoms. The van der Waals surface area contributed by atoms with Crippen LogP contribution in [0.1, 0.15) is 19.4 Å². The molecular weight excluding hydrogens is 312 g/mol. The van der Waals surface area contributed by atoms with Crippen LogP contribution >= 0.6 is 0 Å². The van der Waals surface area contributed by atoms with Gasteiger partial charge in [-0.05, 0) is 31.3 Å². The van der Waals surface area contributed by atoms with Gasteiger partial charge in [0.05, 0.1) is 20.3 Å². The molecule has 0 atom stereocenters. The Hall–Kier alpha value is -2.54. The van der Waals surface area contributed by atoms with Gasteiger partial charge in [-0.15, -0.1) is 0 Å². The fourth-order valence-corrected chi connectivity index (χ4v) is 2.07. The van der Waals surface area contributed by atoms with E-state index in [1.807, 2.05) is 13.8 Å². The molecule has 2 N–H and O–H groups in total. The van der Waals surface area contributed by atoms with E-state index in [0.29, 0.717) is 17.8 Å². The molecule has 0 heterocycles. The quantitative estimate of drug-likeness (QED) is 0.426. The van der Waals surface area contributed by atoms with Crippen molar-refractivity contribution in [3.05, 3.63) is 35.5 Å². The summed E-state index contributed by atoms with van der Waals surface area (Å²) in [4.78, 5) is 25.3. The average Bonchev–Trinajstić information content (AvgIpc) is 2.60. The topological polar surface area (TPSA) is 88.1 Å². The van der Waals surface area contributed by atoms with Crippen molar-refractivity contribution >= 4 is 17.6 Å². The highest BCUT2D eigenvalue weighted by molar-refractivity contribution is 5.98. The third kappa shape index (κ3) is 5.58. The van der Waals surface area contributed by atoms with E-state index in [1.54, 1.807) is 12.1 Å². The molecule has 0 radical (unpaired) electrons. The van der Waals surface area contributed by atoms with Gasteiger partial charge in [-0.1, -0.05) is 13.8 Å². The molecule has 0 saturated heterocycles. The van der Waals surface area contributed by atoms with E-state index in [1.165, 1.54) is 20.3 Å². The van der Waals surface area contributed by atoms with Gasteiger partial charge in [0.25, 0.3) is 0 Å². The van der Waals surface area contributed by atoms with Crippen LogP contribution < -0.4 is 5.32 Å². The Balaban J connectivity index is 3.06. The second kappa shape index (κ2) is 9.57. The van der Waals surface area contributed by atoms with Crippen molar-refractivity contribution in [3.63, 3.8) is 0 Å². The molecule has 0 aliphatic rings. The maximum Gasteiger partial charge on any atom is 0.354 e. The summed E-state index contributed by atoms with van der Waals surface area (Å²) in [6.45, 7) is 6.35. The number of esters is 2. The monoisotopic (exact) mass is 336 g/mol. The van der Waals surface area contributed by atoms with E-state index in [9.17, 15) is 14.7 Å². The van der Waals surface area contributed by atoms with Crippen LogP contribution in [0.3, 0.4) is 0 Å². The Bertz CT molecular complexity index is 609. The molecule has 0 spiro atoms. The maximum absolute atomic E-state index is 11.8. The van der Waals surface area contributed by atoms with E-state index in [-0.39, 0.29) is 11.4 Å². The van der Waals surface area contributed by atoms with Crippen LogP contribution in [0, 0.1) is 0 Å². The van der Waals surface area contributed by atoms with Gasteiger partial charge >= 0.3 is 11.9 Å². The van der Waals surface area contributed by atoms with E-state index in [0.717, 1.165) is 19.2 Å². The fourth-order valence-electron chi connectivity index (χ4n) is 2.07. The van der Waals surface area contributed by atoms with Gasteiger partial charge in [0.2, 0.25) is 0 Å².